The maximum absolute atomic E-state index is 13.3. The van der Waals surface area contributed by atoms with Gasteiger partial charge in [-0.2, -0.15) is 0 Å². The van der Waals surface area contributed by atoms with Crippen LogP contribution in [0.15, 0.2) is 54.6 Å². The molecule has 2 aromatic carbocycles. The summed E-state index contributed by atoms with van der Waals surface area (Å²) in [5.41, 5.74) is 1.56. The van der Waals surface area contributed by atoms with Crippen LogP contribution in [0.5, 0.6) is 0 Å². The molecule has 1 aliphatic heterocycles. The number of sulfonamides is 1. The summed E-state index contributed by atoms with van der Waals surface area (Å²) in [5, 5.41) is 0. The van der Waals surface area contributed by atoms with Crippen molar-refractivity contribution in [1.29, 1.82) is 0 Å². The molecule has 1 N–H and O–H groups in total. The lowest BCUT2D eigenvalue weighted by Gasteiger charge is -2.37. The van der Waals surface area contributed by atoms with Gasteiger partial charge in [-0.15, -0.1) is 0 Å². The lowest BCUT2D eigenvalue weighted by molar-refractivity contribution is 0.139. The number of nitrogens with zero attached hydrogens (tertiary/aromatic N) is 1. The van der Waals surface area contributed by atoms with Gasteiger partial charge in [-0.1, -0.05) is 49.4 Å². The third-order valence-electron chi connectivity index (χ3n) is 5.19. The molecular formula is C21H27FN2O2S. The Labute approximate surface area is 161 Å². The normalized spacial score (nSPS) is 17.7. The summed E-state index contributed by atoms with van der Waals surface area (Å²) < 4.78 is 41.1. The van der Waals surface area contributed by atoms with E-state index in [1.54, 1.807) is 6.07 Å². The summed E-state index contributed by atoms with van der Waals surface area (Å²) >= 11 is 0. The van der Waals surface area contributed by atoms with E-state index in [9.17, 15) is 12.8 Å². The van der Waals surface area contributed by atoms with Crippen LogP contribution in [0.4, 0.5) is 4.39 Å². The molecule has 27 heavy (non-hydrogen) atoms. The highest BCUT2D eigenvalue weighted by Gasteiger charge is 2.26. The van der Waals surface area contributed by atoms with Crippen molar-refractivity contribution < 1.29 is 12.8 Å². The fraction of sp³-hybridized carbons (Fsp3) is 0.429. The summed E-state index contributed by atoms with van der Waals surface area (Å²) in [7, 11) is -3.55. The minimum absolute atomic E-state index is 0.000912. The van der Waals surface area contributed by atoms with Gasteiger partial charge in [0.25, 0.3) is 0 Å². The van der Waals surface area contributed by atoms with Gasteiger partial charge in [0.05, 0.1) is 5.75 Å². The van der Waals surface area contributed by atoms with E-state index in [4.69, 9.17) is 0 Å². The third kappa shape index (κ3) is 5.86. The van der Waals surface area contributed by atoms with Gasteiger partial charge in [0.15, 0.2) is 0 Å². The molecule has 1 unspecified atom stereocenters. The van der Waals surface area contributed by atoms with Crippen molar-refractivity contribution in [2.45, 2.75) is 31.6 Å². The fourth-order valence-corrected chi connectivity index (χ4v) is 4.71. The van der Waals surface area contributed by atoms with Gasteiger partial charge in [-0.25, -0.2) is 17.5 Å². The molecule has 0 saturated carbocycles. The molecule has 146 valence electrons. The zero-order valence-electron chi connectivity index (χ0n) is 15.6. The standard InChI is InChI=1S/C21H27FN2O2S/c1-17-10-12-24(13-11-17)21(19-7-3-2-4-8-19)15-23-27(25,26)16-18-6-5-9-20(22)14-18/h2-9,14,17,21,23H,10-13,15-16H2,1H3. The van der Waals surface area contributed by atoms with Crippen LogP contribution >= 0.6 is 0 Å². The van der Waals surface area contributed by atoms with Crippen LogP contribution in [0.2, 0.25) is 0 Å². The van der Waals surface area contributed by atoms with Gasteiger partial charge >= 0.3 is 0 Å². The Morgan fingerprint density at radius 2 is 1.81 bits per heavy atom. The SMILES string of the molecule is CC1CCN(C(CNS(=O)(=O)Cc2cccc(F)c2)c2ccccc2)CC1. The fourth-order valence-electron chi connectivity index (χ4n) is 3.58. The molecule has 0 aliphatic carbocycles. The predicted molar refractivity (Wildman–Crippen MR) is 106 cm³/mol. The average molecular weight is 391 g/mol. The van der Waals surface area contributed by atoms with E-state index in [-0.39, 0.29) is 11.8 Å². The smallest absolute Gasteiger partial charge is 0.215 e. The first-order valence-electron chi connectivity index (χ1n) is 9.44. The molecule has 1 saturated heterocycles. The first-order valence-corrected chi connectivity index (χ1v) is 11.1. The lowest BCUT2D eigenvalue weighted by atomic mass is 9.96. The first-order chi connectivity index (χ1) is 12.9. The lowest BCUT2D eigenvalue weighted by Crippen LogP contribution is -2.42. The number of rotatable bonds is 7. The molecule has 0 bridgehead atoms. The monoisotopic (exact) mass is 390 g/mol. The van der Waals surface area contributed by atoms with Crippen molar-refractivity contribution in [2.75, 3.05) is 19.6 Å². The molecule has 6 heteroatoms. The van der Waals surface area contributed by atoms with Crippen molar-refractivity contribution in [2.24, 2.45) is 5.92 Å². The molecule has 0 aromatic heterocycles. The van der Waals surface area contributed by atoms with Crippen molar-refractivity contribution >= 4 is 10.0 Å². The van der Waals surface area contributed by atoms with Crippen LogP contribution < -0.4 is 4.72 Å². The summed E-state index contributed by atoms with van der Waals surface area (Å²) in [6.07, 6.45) is 2.25. The molecule has 1 aliphatic rings. The predicted octanol–water partition coefficient (Wildman–Crippen LogP) is 3.72. The second kappa shape index (κ2) is 8.95. The van der Waals surface area contributed by atoms with Crippen LogP contribution in [-0.2, 0) is 15.8 Å². The Bertz CT molecular complexity index is 834. The van der Waals surface area contributed by atoms with Crippen LogP contribution in [0.3, 0.4) is 0 Å². The Morgan fingerprint density at radius 3 is 2.48 bits per heavy atom. The molecule has 1 atom stereocenters. The Hall–Kier alpha value is -1.76. The summed E-state index contributed by atoms with van der Waals surface area (Å²) in [5.74, 6) is 0.0678. The Balaban J connectivity index is 1.70. The summed E-state index contributed by atoms with van der Waals surface area (Å²) in [6, 6.07) is 15.8. The van der Waals surface area contributed by atoms with Gasteiger partial charge in [-0.3, -0.25) is 4.90 Å². The van der Waals surface area contributed by atoms with E-state index >= 15 is 0 Å². The number of hydrogen-bond acceptors (Lipinski definition) is 3. The molecule has 3 rings (SSSR count). The topological polar surface area (TPSA) is 49.4 Å². The van der Waals surface area contributed by atoms with Crippen LogP contribution in [0.25, 0.3) is 0 Å². The van der Waals surface area contributed by atoms with Gasteiger partial charge in [0.2, 0.25) is 10.0 Å². The minimum atomic E-state index is -3.55. The van der Waals surface area contributed by atoms with Gasteiger partial charge in [-0.05, 0) is 55.1 Å². The minimum Gasteiger partial charge on any atom is -0.295 e. The number of nitrogens with one attached hydrogen (secondary N) is 1. The third-order valence-corrected chi connectivity index (χ3v) is 6.51. The highest BCUT2D eigenvalue weighted by molar-refractivity contribution is 7.88. The van der Waals surface area contributed by atoms with Crippen molar-refractivity contribution in [3.63, 3.8) is 0 Å². The summed E-state index contributed by atoms with van der Waals surface area (Å²) in [6.45, 7) is 4.51. The molecule has 1 fully saturated rings. The number of hydrogen-bond donors (Lipinski definition) is 1. The molecular weight excluding hydrogens is 363 g/mol. The highest BCUT2D eigenvalue weighted by Crippen LogP contribution is 2.26. The highest BCUT2D eigenvalue weighted by atomic mass is 32.2. The number of piperidine rings is 1. The Kier molecular flexibility index (Phi) is 6.63. The second-order valence-electron chi connectivity index (χ2n) is 7.38. The van der Waals surface area contributed by atoms with Crippen LogP contribution in [-0.4, -0.2) is 33.0 Å². The zero-order valence-corrected chi connectivity index (χ0v) is 16.5. The molecule has 1 heterocycles. The van der Waals surface area contributed by atoms with Gasteiger partial charge in [0.1, 0.15) is 5.82 Å². The molecule has 4 nitrogen and oxygen atoms in total. The van der Waals surface area contributed by atoms with E-state index in [0.717, 1.165) is 31.5 Å². The van der Waals surface area contributed by atoms with Crippen molar-refractivity contribution in [3.8, 4) is 0 Å². The van der Waals surface area contributed by atoms with E-state index < -0.39 is 15.8 Å². The largest absolute Gasteiger partial charge is 0.295 e. The maximum Gasteiger partial charge on any atom is 0.215 e. The molecule has 0 radical (unpaired) electrons. The van der Waals surface area contributed by atoms with Gasteiger partial charge < -0.3 is 0 Å². The van der Waals surface area contributed by atoms with Crippen LogP contribution in [0, 0.1) is 11.7 Å². The summed E-state index contributed by atoms with van der Waals surface area (Å²) in [4.78, 5) is 2.36. The van der Waals surface area contributed by atoms with Crippen molar-refractivity contribution in [1.82, 2.24) is 9.62 Å². The van der Waals surface area contributed by atoms with Crippen molar-refractivity contribution in [3.05, 3.63) is 71.5 Å². The molecule has 2 aromatic rings. The zero-order chi connectivity index (χ0) is 19.3. The van der Waals surface area contributed by atoms with E-state index in [1.165, 1.54) is 18.2 Å². The maximum atomic E-state index is 13.3. The molecule has 0 spiro atoms. The van der Waals surface area contributed by atoms with Crippen LogP contribution in [0.1, 0.15) is 36.9 Å². The quantitative estimate of drug-likeness (QED) is 0.784. The average Bonchev–Trinajstić information content (AvgIpc) is 2.64. The number of halogens is 1. The second-order valence-corrected chi connectivity index (χ2v) is 9.19. The van der Waals surface area contributed by atoms with Gasteiger partial charge in [0, 0.05) is 12.6 Å². The van der Waals surface area contributed by atoms with E-state index in [2.05, 4.69) is 16.5 Å². The molecule has 0 amide bonds. The first kappa shape index (κ1) is 20.0. The van der Waals surface area contributed by atoms with E-state index in [1.807, 2.05) is 30.3 Å². The van der Waals surface area contributed by atoms with E-state index in [0.29, 0.717) is 18.0 Å². The number of benzene rings is 2. The Morgan fingerprint density at radius 1 is 1.11 bits per heavy atom. The number of likely N-dealkylation sites (tertiary alicyclic amines) is 1.